The van der Waals surface area contributed by atoms with Crippen molar-refractivity contribution in [2.45, 2.75) is 52.7 Å². The molecule has 0 radical (unpaired) electrons. The molecule has 0 amide bonds. The fraction of sp³-hybridized carbons (Fsp3) is 0.286. The summed E-state index contributed by atoms with van der Waals surface area (Å²) in [7, 11) is 1.54. The zero-order valence-corrected chi connectivity index (χ0v) is 27.2. The molecular weight excluding hydrogens is 596 g/mol. The molecule has 0 saturated heterocycles. The minimum Gasteiger partial charge on any atom is -0.493 e. The summed E-state index contributed by atoms with van der Waals surface area (Å²) < 4.78 is 19.0. The van der Waals surface area contributed by atoms with Crippen LogP contribution in [-0.4, -0.2) is 30.4 Å². The van der Waals surface area contributed by atoms with E-state index in [-0.39, 0.29) is 18.3 Å². The molecular formula is C35H35ClN2O5S. The van der Waals surface area contributed by atoms with E-state index in [4.69, 9.17) is 30.8 Å². The number of halogens is 1. The molecule has 4 aromatic rings. The van der Waals surface area contributed by atoms with Crippen molar-refractivity contribution in [2.75, 3.05) is 13.7 Å². The van der Waals surface area contributed by atoms with E-state index < -0.39 is 12.0 Å². The topological polar surface area (TPSA) is 79.1 Å². The summed E-state index contributed by atoms with van der Waals surface area (Å²) in [5, 5.41) is 0.371. The molecule has 1 aromatic heterocycles. The molecule has 7 nitrogen and oxygen atoms in total. The van der Waals surface area contributed by atoms with Gasteiger partial charge in [-0.25, -0.2) is 9.79 Å². The smallest absolute Gasteiger partial charge is 0.338 e. The number of aromatic nitrogens is 1. The van der Waals surface area contributed by atoms with Crippen molar-refractivity contribution in [3.63, 3.8) is 0 Å². The van der Waals surface area contributed by atoms with E-state index >= 15 is 0 Å². The lowest BCUT2D eigenvalue weighted by Gasteiger charge is -2.26. The van der Waals surface area contributed by atoms with Crippen molar-refractivity contribution in [3.05, 3.63) is 119 Å². The maximum absolute atomic E-state index is 14.2. The van der Waals surface area contributed by atoms with E-state index in [1.165, 1.54) is 11.3 Å². The van der Waals surface area contributed by atoms with Gasteiger partial charge in [-0.15, -0.1) is 0 Å². The minimum absolute atomic E-state index is 0.0991. The number of carbonyl (C=O) groups excluding carboxylic acids is 1. The summed E-state index contributed by atoms with van der Waals surface area (Å²) in [6.45, 7) is 10.0. The minimum atomic E-state index is -0.746. The van der Waals surface area contributed by atoms with Gasteiger partial charge in [0.25, 0.3) is 5.56 Å². The number of methoxy groups -OCH3 is 1. The second-order valence-corrected chi connectivity index (χ2v) is 12.4. The zero-order chi connectivity index (χ0) is 31.5. The fourth-order valence-corrected chi connectivity index (χ4v) is 6.41. The van der Waals surface area contributed by atoms with Crippen LogP contribution in [0.2, 0.25) is 5.02 Å². The number of ether oxygens (including phenoxy) is 3. The van der Waals surface area contributed by atoms with Gasteiger partial charge in [0, 0.05) is 5.56 Å². The average molecular weight is 631 g/mol. The van der Waals surface area contributed by atoms with E-state index in [0.717, 1.165) is 16.7 Å². The third-order valence-corrected chi connectivity index (χ3v) is 8.46. The van der Waals surface area contributed by atoms with Crippen LogP contribution < -0.4 is 24.4 Å². The number of thiazole rings is 1. The molecule has 9 heteroatoms. The molecule has 0 saturated carbocycles. The zero-order valence-electron chi connectivity index (χ0n) is 25.6. The number of hydrogen-bond acceptors (Lipinski definition) is 7. The van der Waals surface area contributed by atoms with Crippen LogP contribution in [-0.2, 0) is 9.53 Å². The van der Waals surface area contributed by atoms with Crippen LogP contribution in [0.1, 0.15) is 68.8 Å². The average Bonchev–Trinajstić information content (AvgIpc) is 3.31. The van der Waals surface area contributed by atoms with Crippen molar-refractivity contribution in [1.29, 1.82) is 0 Å². The Hall–Kier alpha value is -4.14. The second-order valence-electron chi connectivity index (χ2n) is 11.0. The molecule has 0 N–H and O–H groups in total. The van der Waals surface area contributed by atoms with E-state index in [9.17, 15) is 9.59 Å². The van der Waals surface area contributed by atoms with Crippen molar-refractivity contribution >= 4 is 40.7 Å². The largest absolute Gasteiger partial charge is 0.493 e. The first-order valence-electron chi connectivity index (χ1n) is 14.5. The molecule has 0 spiro atoms. The fourth-order valence-electron chi connectivity index (χ4n) is 5.14. The number of fused-ring (bicyclic) bond motifs is 1. The van der Waals surface area contributed by atoms with Crippen LogP contribution in [0.25, 0.3) is 11.8 Å². The summed E-state index contributed by atoms with van der Waals surface area (Å²) in [6.07, 6.45) is 1.66. The van der Waals surface area contributed by atoms with Crippen LogP contribution in [0.3, 0.4) is 0 Å². The van der Waals surface area contributed by atoms with Gasteiger partial charge in [0.15, 0.2) is 16.3 Å². The SMILES string of the molecule is CCOC(=O)C1=C(c2ccccc2)N=c2s/c(=C\c3cc(Cl)c(OC(C)C)c(OC)c3)c(=O)n2[C@@H]1c1ccc(C(C)C)cc1. The first kappa shape index (κ1) is 31.3. The van der Waals surface area contributed by atoms with Gasteiger partial charge >= 0.3 is 5.97 Å². The Bertz CT molecular complexity index is 1890. The third kappa shape index (κ3) is 6.23. The second kappa shape index (κ2) is 13.2. The highest BCUT2D eigenvalue weighted by molar-refractivity contribution is 7.07. The molecule has 0 unspecified atom stereocenters. The highest BCUT2D eigenvalue weighted by atomic mass is 35.5. The molecule has 1 aliphatic heterocycles. The number of esters is 1. The maximum Gasteiger partial charge on any atom is 0.338 e. The maximum atomic E-state index is 14.2. The Kier molecular flexibility index (Phi) is 9.42. The predicted molar refractivity (Wildman–Crippen MR) is 175 cm³/mol. The standard InChI is InChI=1S/C35H35ClN2O5S/c1-7-42-34(40)29-30(24-11-9-8-10-12-24)37-35-38(31(29)25-15-13-23(14-16-25)20(2)3)33(39)28(44-35)19-22-17-26(36)32(43-21(4)5)27(18-22)41-6/h8-21,31H,7H2,1-6H3/b28-19-/t31-/m1/s1. The van der Waals surface area contributed by atoms with Crippen molar-refractivity contribution < 1.29 is 19.0 Å². The summed E-state index contributed by atoms with van der Waals surface area (Å²) in [4.78, 5) is 33.3. The monoisotopic (exact) mass is 630 g/mol. The highest BCUT2D eigenvalue weighted by Crippen LogP contribution is 2.38. The number of rotatable bonds is 9. The lowest BCUT2D eigenvalue weighted by molar-refractivity contribution is -0.138. The molecule has 228 valence electrons. The Morgan fingerprint density at radius 3 is 2.39 bits per heavy atom. The molecule has 1 atom stereocenters. The predicted octanol–water partition coefficient (Wildman–Crippen LogP) is 6.51. The van der Waals surface area contributed by atoms with Gasteiger partial charge in [-0.1, -0.05) is 91.4 Å². The molecule has 0 aliphatic carbocycles. The molecule has 0 fully saturated rings. The van der Waals surface area contributed by atoms with E-state index in [1.807, 2.05) is 68.4 Å². The van der Waals surface area contributed by atoms with Gasteiger partial charge < -0.3 is 14.2 Å². The Balaban J connectivity index is 1.77. The van der Waals surface area contributed by atoms with Gasteiger partial charge in [0.05, 0.1) is 46.7 Å². The van der Waals surface area contributed by atoms with Gasteiger partial charge in [-0.05, 0) is 61.6 Å². The van der Waals surface area contributed by atoms with E-state index in [0.29, 0.717) is 48.6 Å². The number of carbonyl (C=O) groups is 1. The van der Waals surface area contributed by atoms with Gasteiger partial charge in [0.1, 0.15) is 0 Å². The van der Waals surface area contributed by atoms with Crippen molar-refractivity contribution in [2.24, 2.45) is 4.99 Å². The van der Waals surface area contributed by atoms with Crippen molar-refractivity contribution in [3.8, 4) is 11.5 Å². The van der Waals surface area contributed by atoms with Crippen LogP contribution in [0.4, 0.5) is 0 Å². The molecule has 1 aliphatic rings. The van der Waals surface area contributed by atoms with Gasteiger partial charge in [-0.2, -0.15) is 0 Å². The molecule has 3 aromatic carbocycles. The van der Waals surface area contributed by atoms with Crippen LogP contribution in [0.15, 0.2) is 82.1 Å². The summed E-state index contributed by atoms with van der Waals surface area (Å²) >= 11 is 7.84. The third-order valence-electron chi connectivity index (χ3n) is 7.20. The number of nitrogens with zero attached hydrogens (tertiary/aromatic N) is 2. The summed E-state index contributed by atoms with van der Waals surface area (Å²) in [5.41, 5.74) is 3.88. The van der Waals surface area contributed by atoms with E-state index in [2.05, 4.69) is 13.8 Å². The van der Waals surface area contributed by atoms with E-state index in [1.54, 1.807) is 36.8 Å². The first-order valence-corrected chi connectivity index (χ1v) is 15.7. The molecule has 2 heterocycles. The lowest BCUT2D eigenvalue weighted by Crippen LogP contribution is -2.40. The Labute approximate surface area is 265 Å². The van der Waals surface area contributed by atoms with Crippen LogP contribution in [0.5, 0.6) is 11.5 Å². The molecule has 5 rings (SSSR count). The summed E-state index contributed by atoms with van der Waals surface area (Å²) in [6, 6.07) is 20.3. The molecule has 44 heavy (non-hydrogen) atoms. The van der Waals surface area contributed by atoms with Gasteiger partial charge in [0.2, 0.25) is 0 Å². The quantitative estimate of drug-likeness (QED) is 0.197. The van der Waals surface area contributed by atoms with Crippen LogP contribution >= 0.6 is 22.9 Å². The first-order chi connectivity index (χ1) is 21.1. The van der Waals surface area contributed by atoms with Crippen LogP contribution in [0, 0.1) is 0 Å². The van der Waals surface area contributed by atoms with Gasteiger partial charge in [-0.3, -0.25) is 9.36 Å². The summed E-state index contributed by atoms with van der Waals surface area (Å²) in [5.74, 6) is 0.718. The molecule has 0 bridgehead atoms. The Morgan fingerprint density at radius 2 is 1.77 bits per heavy atom. The number of hydrogen-bond donors (Lipinski definition) is 0. The lowest BCUT2D eigenvalue weighted by atomic mass is 9.91. The Morgan fingerprint density at radius 1 is 1.07 bits per heavy atom. The normalized spacial score (nSPS) is 14.9. The highest BCUT2D eigenvalue weighted by Gasteiger charge is 2.35. The number of benzene rings is 3. The van der Waals surface area contributed by atoms with Crippen molar-refractivity contribution in [1.82, 2.24) is 4.57 Å².